The number of carbonyl (C=O) groups is 2. The number of aromatic nitrogens is 1. The summed E-state index contributed by atoms with van der Waals surface area (Å²) in [5.41, 5.74) is 1.19. The van der Waals surface area contributed by atoms with Crippen molar-refractivity contribution in [2.75, 3.05) is 17.2 Å². The van der Waals surface area contributed by atoms with E-state index in [1.807, 2.05) is 0 Å². The molecule has 21 heavy (non-hydrogen) atoms. The van der Waals surface area contributed by atoms with Gasteiger partial charge in [0.2, 0.25) is 5.91 Å². The Bertz CT molecular complexity index is 649. The third-order valence-corrected chi connectivity index (χ3v) is 2.84. The summed E-state index contributed by atoms with van der Waals surface area (Å²) < 4.78 is 4.91. The fourth-order valence-electron chi connectivity index (χ4n) is 1.79. The van der Waals surface area contributed by atoms with Crippen molar-refractivity contribution in [1.82, 2.24) is 5.16 Å². The Morgan fingerprint density at radius 2 is 2.10 bits per heavy atom. The molecule has 6 nitrogen and oxygen atoms in total. The molecule has 1 amide bonds. The first kappa shape index (κ1) is 14.8. The number of aryl methyl sites for hydroxylation is 1. The van der Waals surface area contributed by atoms with Gasteiger partial charge in [0.25, 0.3) is 0 Å². The number of carbonyl (C=O) groups excluding carboxylic acids is 2. The molecule has 1 heterocycles. The second kappa shape index (κ2) is 6.69. The number of hydrogen-bond acceptors (Lipinski definition) is 5. The van der Waals surface area contributed by atoms with Crippen LogP contribution in [-0.2, 0) is 4.79 Å². The Hall–Kier alpha value is -2.63. The van der Waals surface area contributed by atoms with Crippen LogP contribution in [-0.4, -0.2) is 23.4 Å². The molecule has 0 radical (unpaired) electrons. The third kappa shape index (κ3) is 4.45. The van der Waals surface area contributed by atoms with Gasteiger partial charge in [-0.1, -0.05) is 17.3 Å². The van der Waals surface area contributed by atoms with Crippen LogP contribution >= 0.6 is 0 Å². The lowest BCUT2D eigenvalue weighted by molar-refractivity contribution is -0.115. The summed E-state index contributed by atoms with van der Waals surface area (Å²) in [6.07, 6.45) is 0.288. The molecule has 0 fully saturated rings. The SMILES string of the molecule is CC(=O)c1cccc(NC(=O)CCNc2cc(C)on2)c1. The van der Waals surface area contributed by atoms with Crippen LogP contribution in [0.25, 0.3) is 0 Å². The monoisotopic (exact) mass is 287 g/mol. The highest BCUT2D eigenvalue weighted by Gasteiger charge is 2.05. The molecule has 2 rings (SSSR count). The Morgan fingerprint density at radius 1 is 1.29 bits per heavy atom. The molecule has 0 atom stereocenters. The number of anilines is 2. The summed E-state index contributed by atoms with van der Waals surface area (Å²) >= 11 is 0. The topological polar surface area (TPSA) is 84.2 Å². The van der Waals surface area contributed by atoms with Crippen molar-refractivity contribution in [2.45, 2.75) is 20.3 Å². The quantitative estimate of drug-likeness (QED) is 0.798. The van der Waals surface area contributed by atoms with Gasteiger partial charge in [-0.05, 0) is 26.0 Å². The van der Waals surface area contributed by atoms with Gasteiger partial charge in [-0.15, -0.1) is 0 Å². The first-order valence-corrected chi connectivity index (χ1v) is 6.62. The summed E-state index contributed by atoms with van der Waals surface area (Å²) in [7, 11) is 0. The zero-order valence-corrected chi connectivity index (χ0v) is 12.0. The van der Waals surface area contributed by atoms with E-state index in [0.717, 1.165) is 0 Å². The summed E-state index contributed by atoms with van der Waals surface area (Å²) in [6.45, 7) is 3.74. The van der Waals surface area contributed by atoms with E-state index in [1.54, 1.807) is 37.3 Å². The molecule has 2 N–H and O–H groups in total. The Morgan fingerprint density at radius 3 is 2.76 bits per heavy atom. The highest BCUT2D eigenvalue weighted by molar-refractivity contribution is 5.97. The van der Waals surface area contributed by atoms with Crippen LogP contribution in [0.5, 0.6) is 0 Å². The van der Waals surface area contributed by atoms with Gasteiger partial charge in [0, 0.05) is 30.3 Å². The van der Waals surface area contributed by atoms with Crippen molar-refractivity contribution in [3.8, 4) is 0 Å². The van der Waals surface area contributed by atoms with Gasteiger partial charge in [0.05, 0.1) is 0 Å². The molecule has 0 aliphatic heterocycles. The smallest absolute Gasteiger partial charge is 0.226 e. The highest BCUT2D eigenvalue weighted by Crippen LogP contribution is 2.12. The number of ketones is 1. The molecule has 0 saturated heterocycles. The van der Waals surface area contributed by atoms with Crippen LogP contribution < -0.4 is 10.6 Å². The average molecular weight is 287 g/mol. The minimum Gasteiger partial charge on any atom is -0.367 e. The van der Waals surface area contributed by atoms with E-state index in [1.165, 1.54) is 6.92 Å². The molecule has 110 valence electrons. The number of rotatable bonds is 6. The molecule has 6 heteroatoms. The van der Waals surface area contributed by atoms with E-state index in [-0.39, 0.29) is 18.1 Å². The zero-order chi connectivity index (χ0) is 15.2. The average Bonchev–Trinajstić information content (AvgIpc) is 2.84. The lowest BCUT2D eigenvalue weighted by Gasteiger charge is -2.06. The van der Waals surface area contributed by atoms with Gasteiger partial charge in [0.1, 0.15) is 5.76 Å². The summed E-state index contributed by atoms with van der Waals surface area (Å²) in [5, 5.41) is 9.52. The maximum Gasteiger partial charge on any atom is 0.226 e. The predicted octanol–water partition coefficient (Wildman–Crippen LogP) is 2.63. The summed E-state index contributed by atoms with van der Waals surface area (Å²) in [4.78, 5) is 23.1. The van der Waals surface area contributed by atoms with Gasteiger partial charge < -0.3 is 15.2 Å². The molecule has 0 aliphatic carbocycles. The van der Waals surface area contributed by atoms with Gasteiger partial charge >= 0.3 is 0 Å². The Labute approximate surface area is 122 Å². The fourth-order valence-corrected chi connectivity index (χ4v) is 1.79. The predicted molar refractivity (Wildman–Crippen MR) is 79.4 cm³/mol. The first-order valence-electron chi connectivity index (χ1n) is 6.62. The number of nitrogens with one attached hydrogen (secondary N) is 2. The van der Waals surface area contributed by atoms with E-state index in [2.05, 4.69) is 15.8 Å². The van der Waals surface area contributed by atoms with Crippen molar-refractivity contribution in [2.24, 2.45) is 0 Å². The third-order valence-electron chi connectivity index (χ3n) is 2.84. The van der Waals surface area contributed by atoms with Crippen molar-refractivity contribution < 1.29 is 14.1 Å². The summed E-state index contributed by atoms with van der Waals surface area (Å²) in [5.74, 6) is 1.15. The van der Waals surface area contributed by atoms with Crippen LogP contribution in [0.2, 0.25) is 0 Å². The molecule has 0 aliphatic rings. The second-order valence-corrected chi connectivity index (χ2v) is 4.68. The van der Waals surface area contributed by atoms with Crippen molar-refractivity contribution in [3.63, 3.8) is 0 Å². The van der Waals surface area contributed by atoms with E-state index in [9.17, 15) is 9.59 Å². The number of amides is 1. The molecule has 0 unspecified atom stereocenters. The van der Waals surface area contributed by atoms with E-state index >= 15 is 0 Å². The normalized spacial score (nSPS) is 10.2. The van der Waals surface area contributed by atoms with Gasteiger partial charge in [-0.25, -0.2) is 0 Å². The highest BCUT2D eigenvalue weighted by atomic mass is 16.5. The minimum absolute atomic E-state index is 0.0332. The molecular weight excluding hydrogens is 270 g/mol. The van der Waals surface area contributed by atoms with Crippen LogP contribution in [0.15, 0.2) is 34.9 Å². The van der Waals surface area contributed by atoms with Crippen LogP contribution in [0.1, 0.15) is 29.5 Å². The lowest BCUT2D eigenvalue weighted by atomic mass is 10.1. The van der Waals surface area contributed by atoms with Crippen molar-refractivity contribution in [1.29, 1.82) is 0 Å². The summed E-state index contributed by atoms with van der Waals surface area (Å²) in [6, 6.07) is 8.62. The van der Waals surface area contributed by atoms with E-state index in [0.29, 0.717) is 29.4 Å². The number of benzene rings is 1. The molecular formula is C15H17N3O3. The fraction of sp³-hybridized carbons (Fsp3) is 0.267. The van der Waals surface area contributed by atoms with Crippen molar-refractivity contribution >= 4 is 23.2 Å². The molecule has 0 spiro atoms. The molecule has 0 saturated carbocycles. The largest absolute Gasteiger partial charge is 0.367 e. The molecule has 1 aromatic heterocycles. The van der Waals surface area contributed by atoms with Crippen LogP contribution in [0.4, 0.5) is 11.5 Å². The zero-order valence-electron chi connectivity index (χ0n) is 12.0. The second-order valence-electron chi connectivity index (χ2n) is 4.68. The standard InChI is InChI=1S/C15H17N3O3/c1-10-8-14(18-21-10)16-7-6-15(20)17-13-5-3-4-12(9-13)11(2)19/h3-5,8-9H,6-7H2,1-2H3,(H,16,18)(H,17,20). The van der Waals surface area contributed by atoms with E-state index < -0.39 is 0 Å². The van der Waals surface area contributed by atoms with Crippen molar-refractivity contribution in [3.05, 3.63) is 41.7 Å². The van der Waals surface area contributed by atoms with Gasteiger partial charge in [0.15, 0.2) is 11.6 Å². The molecule has 2 aromatic rings. The van der Waals surface area contributed by atoms with Crippen LogP contribution in [0.3, 0.4) is 0 Å². The molecule has 0 bridgehead atoms. The number of hydrogen-bond donors (Lipinski definition) is 2. The first-order chi connectivity index (χ1) is 10.0. The van der Waals surface area contributed by atoms with Gasteiger partial charge in [-0.3, -0.25) is 9.59 Å². The molecule has 1 aromatic carbocycles. The van der Waals surface area contributed by atoms with E-state index in [4.69, 9.17) is 4.52 Å². The number of nitrogens with zero attached hydrogens (tertiary/aromatic N) is 1. The Balaban J connectivity index is 1.81. The van der Waals surface area contributed by atoms with Gasteiger partial charge in [-0.2, -0.15) is 0 Å². The van der Waals surface area contributed by atoms with Crippen LogP contribution in [0, 0.1) is 6.92 Å². The lowest BCUT2D eigenvalue weighted by Crippen LogP contribution is -2.16. The maximum atomic E-state index is 11.8. The minimum atomic E-state index is -0.136. The Kier molecular flexibility index (Phi) is 4.71. The number of Topliss-reactive ketones (excluding diaryl/α,β-unsaturated/α-hetero) is 1. The maximum absolute atomic E-state index is 11.8.